The molecule has 2 atom stereocenters. The Morgan fingerprint density at radius 1 is 1.31 bits per heavy atom. The second kappa shape index (κ2) is 9.09. The molecule has 2 aromatic rings. The van der Waals surface area contributed by atoms with Gasteiger partial charge in [-0.1, -0.05) is 35.5 Å². The number of nitrogens with zero attached hydrogens (tertiary/aromatic N) is 2. The first-order chi connectivity index (χ1) is 13.8. The van der Waals surface area contributed by atoms with Crippen molar-refractivity contribution in [2.24, 2.45) is 5.92 Å². The first-order valence-corrected chi connectivity index (χ1v) is 11.5. The molecule has 0 saturated carbocycles. The summed E-state index contributed by atoms with van der Waals surface area (Å²) in [6, 6.07) is 10.2. The van der Waals surface area contributed by atoms with E-state index in [1.807, 2.05) is 25.1 Å². The standard InChI is InChI=1S/C21H29N3O4S/c1-15(11-12-18-8-5-4-6-9-18)22-21(25)19-10-7-13-24(14-19)29(26,27)20-16(2)23-28-17(20)3/h4-6,8-9,15,19H,7,10-14H2,1-3H3,(H,22,25). The van der Waals surface area contributed by atoms with Crippen LogP contribution in [0.3, 0.4) is 0 Å². The Morgan fingerprint density at radius 3 is 2.69 bits per heavy atom. The number of aromatic nitrogens is 1. The number of nitrogens with one attached hydrogen (secondary N) is 1. The second-order valence-corrected chi connectivity index (χ2v) is 9.66. The summed E-state index contributed by atoms with van der Waals surface area (Å²) < 4.78 is 32.5. The van der Waals surface area contributed by atoms with Crippen LogP contribution < -0.4 is 5.32 Å². The maximum Gasteiger partial charge on any atom is 0.248 e. The summed E-state index contributed by atoms with van der Waals surface area (Å²) in [5.74, 6) is -0.147. The second-order valence-electron chi connectivity index (χ2n) is 7.79. The number of rotatable bonds is 7. The molecule has 7 nitrogen and oxygen atoms in total. The lowest BCUT2D eigenvalue weighted by atomic mass is 9.98. The molecule has 8 heteroatoms. The molecule has 1 aromatic carbocycles. The summed E-state index contributed by atoms with van der Waals surface area (Å²) in [4.78, 5) is 12.9. The van der Waals surface area contributed by atoms with Crippen LogP contribution in [0.15, 0.2) is 39.8 Å². The number of benzene rings is 1. The number of carbonyl (C=O) groups excluding carboxylic acids is 1. The average molecular weight is 420 g/mol. The average Bonchev–Trinajstić information content (AvgIpc) is 3.06. The molecule has 0 spiro atoms. The number of aryl methyl sites for hydroxylation is 3. The van der Waals surface area contributed by atoms with E-state index in [9.17, 15) is 13.2 Å². The summed E-state index contributed by atoms with van der Waals surface area (Å²) in [7, 11) is -3.72. The molecule has 1 aliphatic heterocycles. The molecule has 29 heavy (non-hydrogen) atoms. The van der Waals surface area contributed by atoms with Crippen LogP contribution in [0, 0.1) is 19.8 Å². The molecule has 1 N–H and O–H groups in total. The van der Waals surface area contributed by atoms with Crippen LogP contribution in [-0.2, 0) is 21.2 Å². The molecule has 158 valence electrons. The van der Waals surface area contributed by atoms with Gasteiger partial charge in [-0.2, -0.15) is 4.31 Å². The zero-order valence-electron chi connectivity index (χ0n) is 17.2. The van der Waals surface area contributed by atoms with Crippen LogP contribution in [0.2, 0.25) is 0 Å². The van der Waals surface area contributed by atoms with Crippen molar-refractivity contribution in [2.75, 3.05) is 13.1 Å². The van der Waals surface area contributed by atoms with Gasteiger partial charge in [0.25, 0.3) is 0 Å². The number of hydrogen-bond donors (Lipinski definition) is 1. The van der Waals surface area contributed by atoms with Crippen molar-refractivity contribution in [1.29, 1.82) is 0 Å². The number of carbonyl (C=O) groups is 1. The lowest BCUT2D eigenvalue weighted by Gasteiger charge is -2.31. The van der Waals surface area contributed by atoms with E-state index in [0.29, 0.717) is 25.1 Å². The molecule has 1 fully saturated rings. The van der Waals surface area contributed by atoms with Crippen molar-refractivity contribution in [3.63, 3.8) is 0 Å². The van der Waals surface area contributed by atoms with E-state index in [1.54, 1.807) is 13.8 Å². The van der Waals surface area contributed by atoms with Gasteiger partial charge in [0.1, 0.15) is 10.6 Å². The quantitative estimate of drug-likeness (QED) is 0.745. The van der Waals surface area contributed by atoms with Crippen LogP contribution in [0.1, 0.15) is 43.2 Å². The Labute approximate surface area is 172 Å². The zero-order chi connectivity index (χ0) is 21.0. The van der Waals surface area contributed by atoms with E-state index in [0.717, 1.165) is 12.8 Å². The van der Waals surface area contributed by atoms with E-state index < -0.39 is 10.0 Å². The zero-order valence-corrected chi connectivity index (χ0v) is 18.0. The smallest absolute Gasteiger partial charge is 0.248 e. The maximum absolute atomic E-state index is 13.0. The topological polar surface area (TPSA) is 92.5 Å². The van der Waals surface area contributed by atoms with E-state index in [1.165, 1.54) is 9.87 Å². The van der Waals surface area contributed by atoms with Crippen LogP contribution in [0.4, 0.5) is 0 Å². The molecule has 1 saturated heterocycles. The van der Waals surface area contributed by atoms with Gasteiger partial charge in [-0.25, -0.2) is 8.42 Å². The number of piperidine rings is 1. The molecule has 2 unspecified atom stereocenters. The van der Waals surface area contributed by atoms with E-state index in [-0.39, 0.29) is 35.1 Å². The van der Waals surface area contributed by atoms with E-state index >= 15 is 0 Å². The number of amides is 1. The number of sulfonamides is 1. The highest BCUT2D eigenvalue weighted by Crippen LogP contribution is 2.27. The molecule has 1 amide bonds. The van der Waals surface area contributed by atoms with Gasteiger partial charge in [-0.15, -0.1) is 0 Å². The number of hydrogen-bond acceptors (Lipinski definition) is 5. The third-order valence-corrected chi connectivity index (χ3v) is 7.53. The fraction of sp³-hybridized carbons (Fsp3) is 0.524. The van der Waals surface area contributed by atoms with Crippen LogP contribution in [0.25, 0.3) is 0 Å². The van der Waals surface area contributed by atoms with Gasteiger partial charge < -0.3 is 9.84 Å². The summed E-state index contributed by atoms with van der Waals surface area (Å²) in [6.45, 7) is 5.78. The summed E-state index contributed by atoms with van der Waals surface area (Å²) in [5, 5.41) is 6.81. The third kappa shape index (κ3) is 5.05. The lowest BCUT2D eigenvalue weighted by molar-refractivity contribution is -0.126. The van der Waals surface area contributed by atoms with Crippen LogP contribution in [0.5, 0.6) is 0 Å². The van der Waals surface area contributed by atoms with Crippen molar-refractivity contribution < 1.29 is 17.7 Å². The highest BCUT2D eigenvalue weighted by molar-refractivity contribution is 7.89. The highest BCUT2D eigenvalue weighted by atomic mass is 32.2. The Bertz CT molecular complexity index is 921. The van der Waals surface area contributed by atoms with E-state index in [4.69, 9.17) is 4.52 Å². The Hall–Kier alpha value is -2.19. The first kappa shape index (κ1) is 21.5. The minimum Gasteiger partial charge on any atom is -0.360 e. The summed E-state index contributed by atoms with van der Waals surface area (Å²) >= 11 is 0. The molecule has 0 bridgehead atoms. The van der Waals surface area contributed by atoms with Gasteiger partial charge >= 0.3 is 0 Å². The first-order valence-electron chi connectivity index (χ1n) is 10.1. The highest BCUT2D eigenvalue weighted by Gasteiger charge is 2.36. The van der Waals surface area contributed by atoms with Crippen molar-refractivity contribution in [2.45, 2.75) is 57.4 Å². The van der Waals surface area contributed by atoms with Crippen molar-refractivity contribution in [3.8, 4) is 0 Å². The summed E-state index contributed by atoms with van der Waals surface area (Å²) in [6.07, 6.45) is 3.06. The molecule has 1 aliphatic rings. The Balaban J connectivity index is 1.59. The summed E-state index contributed by atoms with van der Waals surface area (Å²) in [5.41, 5.74) is 1.59. The monoisotopic (exact) mass is 419 g/mol. The minimum atomic E-state index is -3.72. The molecule has 0 aliphatic carbocycles. The molecular formula is C21H29N3O4S. The van der Waals surface area contributed by atoms with Gasteiger partial charge in [-0.05, 0) is 52.0 Å². The van der Waals surface area contributed by atoms with Gasteiger partial charge in [0.15, 0.2) is 5.76 Å². The predicted octanol–water partition coefficient (Wildman–Crippen LogP) is 2.83. The maximum atomic E-state index is 13.0. The lowest BCUT2D eigenvalue weighted by Crippen LogP contribution is -2.47. The van der Waals surface area contributed by atoms with Gasteiger partial charge in [0.05, 0.1) is 5.92 Å². The molecule has 3 rings (SSSR count). The largest absolute Gasteiger partial charge is 0.360 e. The van der Waals surface area contributed by atoms with Crippen molar-refractivity contribution >= 4 is 15.9 Å². The van der Waals surface area contributed by atoms with Crippen LogP contribution >= 0.6 is 0 Å². The normalized spacial score (nSPS) is 19.1. The van der Waals surface area contributed by atoms with Crippen LogP contribution in [-0.4, -0.2) is 42.9 Å². The van der Waals surface area contributed by atoms with E-state index in [2.05, 4.69) is 22.6 Å². The molecule has 1 aromatic heterocycles. The molecular weight excluding hydrogens is 390 g/mol. The molecule has 0 radical (unpaired) electrons. The minimum absolute atomic E-state index is 0.0252. The predicted molar refractivity (Wildman–Crippen MR) is 110 cm³/mol. The van der Waals surface area contributed by atoms with Gasteiger partial charge in [-0.3, -0.25) is 4.79 Å². The van der Waals surface area contributed by atoms with Gasteiger partial charge in [0, 0.05) is 19.1 Å². The van der Waals surface area contributed by atoms with Gasteiger partial charge in [0.2, 0.25) is 15.9 Å². The SMILES string of the molecule is Cc1noc(C)c1S(=O)(=O)N1CCCC(C(=O)NC(C)CCc2ccccc2)C1. The third-order valence-electron chi connectivity index (χ3n) is 5.42. The van der Waals surface area contributed by atoms with Crippen molar-refractivity contribution in [1.82, 2.24) is 14.8 Å². The fourth-order valence-corrected chi connectivity index (χ4v) is 5.62. The Morgan fingerprint density at radius 2 is 2.03 bits per heavy atom. The Kier molecular flexibility index (Phi) is 6.74. The fourth-order valence-electron chi connectivity index (χ4n) is 3.81. The van der Waals surface area contributed by atoms with Crippen molar-refractivity contribution in [3.05, 3.63) is 47.3 Å². The molecule has 2 heterocycles.